The first-order valence-corrected chi connectivity index (χ1v) is 6.78. The van der Waals surface area contributed by atoms with Gasteiger partial charge in [0.1, 0.15) is 0 Å². The van der Waals surface area contributed by atoms with Crippen LogP contribution in [0, 0.1) is 16.7 Å². The fourth-order valence-corrected chi connectivity index (χ4v) is 3.82. The number of hydrogen-bond donors (Lipinski definition) is 1. The third kappa shape index (κ3) is 1.70. The Hall–Kier alpha value is -1.41. The van der Waals surface area contributed by atoms with E-state index in [1.165, 1.54) is 0 Å². The molecule has 19 heavy (non-hydrogen) atoms. The number of ketones is 1. The van der Waals surface area contributed by atoms with Crippen molar-refractivity contribution in [1.82, 2.24) is 6.15 Å². The van der Waals surface area contributed by atoms with Gasteiger partial charge in [0.25, 0.3) is 0 Å². The van der Waals surface area contributed by atoms with Crippen LogP contribution in [0.4, 0.5) is 0 Å². The van der Waals surface area contributed by atoms with E-state index in [9.17, 15) is 4.79 Å². The summed E-state index contributed by atoms with van der Waals surface area (Å²) in [7, 11) is 0. The van der Waals surface area contributed by atoms with E-state index in [4.69, 9.17) is 0 Å². The Morgan fingerprint density at radius 3 is 2.32 bits per heavy atom. The topological polar surface area (TPSA) is 52.1 Å². The van der Waals surface area contributed by atoms with Gasteiger partial charge in [-0.25, -0.2) is 0 Å². The molecule has 2 aliphatic carbocycles. The van der Waals surface area contributed by atoms with E-state index in [1.807, 2.05) is 18.2 Å². The molecule has 2 heteroatoms. The maximum atomic E-state index is 12.6. The molecule has 0 spiro atoms. The Kier molecular flexibility index (Phi) is 3.18. The van der Waals surface area contributed by atoms with E-state index in [0.29, 0.717) is 11.7 Å². The molecule has 0 aliphatic heterocycles. The second-order valence-electron chi connectivity index (χ2n) is 6.48. The minimum absolute atomic E-state index is 0. The van der Waals surface area contributed by atoms with Crippen molar-refractivity contribution in [1.29, 1.82) is 0 Å². The molecule has 0 heterocycles. The lowest BCUT2D eigenvalue weighted by Crippen LogP contribution is -2.32. The number of carbonyl (C=O) groups excluding carboxylic acids is 1. The molecule has 2 atom stereocenters. The van der Waals surface area contributed by atoms with Crippen molar-refractivity contribution in [2.75, 3.05) is 0 Å². The molecule has 0 radical (unpaired) electrons. The maximum Gasteiger partial charge on any atom is 0.165 e. The Morgan fingerprint density at radius 2 is 1.79 bits per heavy atom. The van der Waals surface area contributed by atoms with Crippen LogP contribution in [0.25, 0.3) is 6.08 Å². The van der Waals surface area contributed by atoms with Crippen LogP contribution in [0.2, 0.25) is 0 Å². The highest BCUT2D eigenvalue weighted by molar-refractivity contribution is 6.07. The number of benzene rings is 1. The average Bonchev–Trinajstić information content (AvgIpc) is 2.65. The number of allylic oxidation sites excluding steroid dienone is 1. The average molecular weight is 257 g/mol. The molecule has 3 rings (SSSR count). The highest BCUT2D eigenvalue weighted by Gasteiger charge is 2.63. The normalized spacial score (nSPS) is 33.5. The summed E-state index contributed by atoms with van der Waals surface area (Å²) in [6.45, 7) is 6.67. The highest BCUT2D eigenvalue weighted by atomic mass is 16.1. The van der Waals surface area contributed by atoms with Crippen molar-refractivity contribution in [2.24, 2.45) is 16.7 Å². The van der Waals surface area contributed by atoms with E-state index in [1.54, 1.807) is 0 Å². The van der Waals surface area contributed by atoms with Crippen LogP contribution < -0.4 is 6.15 Å². The monoisotopic (exact) mass is 257 g/mol. The lowest BCUT2D eigenvalue weighted by molar-refractivity contribution is -0.125. The van der Waals surface area contributed by atoms with Crippen LogP contribution in [-0.4, -0.2) is 5.78 Å². The number of carbonyl (C=O) groups is 1. The van der Waals surface area contributed by atoms with Gasteiger partial charge in [-0.05, 0) is 41.4 Å². The molecule has 2 bridgehead atoms. The third-order valence-electron chi connectivity index (χ3n) is 5.49. The van der Waals surface area contributed by atoms with Gasteiger partial charge in [-0.15, -0.1) is 0 Å². The van der Waals surface area contributed by atoms with Crippen molar-refractivity contribution in [3.8, 4) is 0 Å². The van der Waals surface area contributed by atoms with E-state index in [2.05, 4.69) is 39.0 Å². The van der Waals surface area contributed by atoms with Crippen molar-refractivity contribution in [3.05, 3.63) is 41.5 Å². The van der Waals surface area contributed by atoms with Gasteiger partial charge in [0.2, 0.25) is 0 Å². The first-order chi connectivity index (χ1) is 8.47. The quantitative estimate of drug-likeness (QED) is 0.764. The molecule has 3 N–H and O–H groups in total. The fourth-order valence-electron chi connectivity index (χ4n) is 3.82. The molecular formula is C17H23NO. The predicted molar refractivity (Wildman–Crippen MR) is 79.1 cm³/mol. The molecule has 0 amide bonds. The van der Waals surface area contributed by atoms with E-state index in [-0.39, 0.29) is 17.0 Å². The van der Waals surface area contributed by atoms with Gasteiger partial charge in [-0.1, -0.05) is 51.1 Å². The summed E-state index contributed by atoms with van der Waals surface area (Å²) in [6, 6.07) is 10.2. The van der Waals surface area contributed by atoms with Gasteiger partial charge in [-0.2, -0.15) is 0 Å². The summed E-state index contributed by atoms with van der Waals surface area (Å²) in [6.07, 6.45) is 4.32. The zero-order valence-corrected chi connectivity index (χ0v) is 12.1. The van der Waals surface area contributed by atoms with Crippen LogP contribution in [0.1, 0.15) is 39.2 Å². The zero-order valence-electron chi connectivity index (χ0n) is 12.1. The van der Waals surface area contributed by atoms with Gasteiger partial charge in [-0.3, -0.25) is 4.79 Å². The molecule has 1 aromatic carbocycles. The van der Waals surface area contributed by atoms with Crippen molar-refractivity contribution < 1.29 is 4.79 Å². The Morgan fingerprint density at radius 1 is 1.16 bits per heavy atom. The van der Waals surface area contributed by atoms with E-state index >= 15 is 0 Å². The van der Waals surface area contributed by atoms with Crippen LogP contribution in [-0.2, 0) is 4.79 Å². The summed E-state index contributed by atoms with van der Waals surface area (Å²) < 4.78 is 0. The molecule has 2 saturated carbocycles. The molecule has 2 unspecified atom stereocenters. The van der Waals surface area contributed by atoms with Crippen LogP contribution in [0.15, 0.2) is 35.9 Å². The third-order valence-corrected chi connectivity index (χ3v) is 5.49. The lowest BCUT2D eigenvalue weighted by Gasteiger charge is -2.31. The Labute approximate surface area is 115 Å². The molecule has 2 fully saturated rings. The van der Waals surface area contributed by atoms with Gasteiger partial charge in [0.15, 0.2) is 5.78 Å². The molecule has 102 valence electrons. The SMILES string of the molecule is CC12CCC(C(=Cc3ccccc3)C1=O)C2(C)C.N. The van der Waals surface area contributed by atoms with E-state index in [0.717, 1.165) is 24.0 Å². The molecule has 2 nitrogen and oxygen atoms in total. The molecular weight excluding hydrogens is 234 g/mol. The van der Waals surface area contributed by atoms with Crippen LogP contribution in [0.3, 0.4) is 0 Å². The second kappa shape index (κ2) is 4.31. The van der Waals surface area contributed by atoms with Crippen LogP contribution >= 0.6 is 0 Å². The number of Topliss-reactive ketones (excluding diaryl/α,β-unsaturated/α-hetero) is 1. The first-order valence-electron chi connectivity index (χ1n) is 6.78. The maximum absolute atomic E-state index is 12.6. The first kappa shape index (κ1) is 14.0. The van der Waals surface area contributed by atoms with Crippen molar-refractivity contribution >= 4 is 11.9 Å². The Balaban J connectivity index is 0.00000133. The predicted octanol–water partition coefficient (Wildman–Crippen LogP) is 4.26. The van der Waals surface area contributed by atoms with Crippen molar-refractivity contribution in [2.45, 2.75) is 33.6 Å². The summed E-state index contributed by atoms with van der Waals surface area (Å²) in [5, 5.41) is 0. The molecule has 0 aromatic heterocycles. The standard InChI is InChI=1S/C17H20O.H3N/c1-16(2)14-9-10-17(16,3)15(18)13(14)11-12-7-5-4-6-8-12;/h4-8,11,14H,9-10H2,1-3H3;1H3. The summed E-state index contributed by atoms with van der Waals surface area (Å²) in [5.74, 6) is 0.822. The van der Waals surface area contributed by atoms with Gasteiger partial charge in [0, 0.05) is 5.41 Å². The molecule has 1 aromatic rings. The smallest absolute Gasteiger partial charge is 0.165 e. The van der Waals surface area contributed by atoms with Gasteiger partial charge in [0.05, 0.1) is 0 Å². The highest BCUT2D eigenvalue weighted by Crippen LogP contribution is 2.65. The van der Waals surface area contributed by atoms with E-state index < -0.39 is 0 Å². The number of hydrogen-bond acceptors (Lipinski definition) is 2. The number of fused-ring (bicyclic) bond motifs is 2. The number of rotatable bonds is 1. The summed E-state index contributed by atoms with van der Waals surface area (Å²) in [5.41, 5.74) is 2.18. The largest absolute Gasteiger partial charge is 0.344 e. The summed E-state index contributed by atoms with van der Waals surface area (Å²) in [4.78, 5) is 12.6. The molecule has 2 aliphatic rings. The van der Waals surface area contributed by atoms with Gasteiger partial charge < -0.3 is 6.15 Å². The van der Waals surface area contributed by atoms with Gasteiger partial charge >= 0.3 is 0 Å². The fraction of sp³-hybridized carbons (Fsp3) is 0.471. The summed E-state index contributed by atoms with van der Waals surface area (Å²) >= 11 is 0. The lowest BCUT2D eigenvalue weighted by atomic mass is 9.70. The second-order valence-corrected chi connectivity index (χ2v) is 6.48. The minimum Gasteiger partial charge on any atom is -0.344 e. The Bertz CT molecular complexity index is 529. The van der Waals surface area contributed by atoms with Crippen LogP contribution in [0.5, 0.6) is 0 Å². The minimum atomic E-state index is -0.141. The molecule has 0 saturated heterocycles. The zero-order chi connectivity index (χ0) is 13.0. The van der Waals surface area contributed by atoms with Crippen molar-refractivity contribution in [3.63, 3.8) is 0 Å².